The fraction of sp³-hybridized carbons (Fsp3) is 0.370. The molecule has 2 aliphatic heterocycles. The molecule has 1 aliphatic carbocycles. The lowest BCUT2D eigenvalue weighted by atomic mass is 9.67. The minimum Gasteiger partial charge on any atom is -0.460 e. The number of ether oxygens (including phenoxy) is 3. The van der Waals surface area contributed by atoms with E-state index >= 15 is 0 Å². The van der Waals surface area contributed by atoms with E-state index in [2.05, 4.69) is 13.8 Å². The first kappa shape index (κ1) is 21.4. The lowest BCUT2D eigenvalue weighted by molar-refractivity contribution is -0.148. The van der Waals surface area contributed by atoms with Crippen molar-refractivity contribution in [3.05, 3.63) is 70.9 Å². The monoisotopic (exact) mass is 445 g/mol. The largest absolute Gasteiger partial charge is 0.460 e. The molecule has 0 radical (unpaired) electrons. The number of fused-ring (bicyclic) bond motifs is 1. The summed E-state index contributed by atoms with van der Waals surface area (Å²) >= 11 is 0. The van der Waals surface area contributed by atoms with Gasteiger partial charge in [-0.3, -0.25) is 14.6 Å². The van der Waals surface area contributed by atoms with Crippen LogP contribution in [0.15, 0.2) is 64.8 Å². The van der Waals surface area contributed by atoms with Crippen LogP contribution in [0, 0.1) is 11.3 Å². The predicted molar refractivity (Wildman–Crippen MR) is 123 cm³/mol. The van der Waals surface area contributed by atoms with Gasteiger partial charge in [0.25, 0.3) is 0 Å². The smallest absolute Gasteiger partial charge is 0.315 e. The molecule has 170 valence electrons. The third kappa shape index (κ3) is 4.06. The summed E-state index contributed by atoms with van der Waals surface area (Å²) in [4.78, 5) is 31.6. The average Bonchev–Trinajstić information content (AvgIpc) is 3.24. The Morgan fingerprint density at radius 2 is 1.85 bits per heavy atom. The highest BCUT2D eigenvalue weighted by Crippen LogP contribution is 2.49. The van der Waals surface area contributed by atoms with Crippen molar-refractivity contribution >= 4 is 17.5 Å². The molecule has 2 atom stereocenters. The fourth-order valence-corrected chi connectivity index (χ4v) is 5.04. The van der Waals surface area contributed by atoms with Gasteiger partial charge in [-0.25, -0.2) is 0 Å². The average molecular weight is 446 g/mol. The molecule has 5 rings (SSSR count). The van der Waals surface area contributed by atoms with Gasteiger partial charge in [-0.1, -0.05) is 50.2 Å². The summed E-state index contributed by atoms with van der Waals surface area (Å²) < 4.78 is 16.8. The summed E-state index contributed by atoms with van der Waals surface area (Å²) in [6.45, 7) is 6.34. The van der Waals surface area contributed by atoms with Gasteiger partial charge in [-0.05, 0) is 42.0 Å². The lowest BCUT2D eigenvalue weighted by Gasteiger charge is -2.39. The summed E-state index contributed by atoms with van der Waals surface area (Å²) in [6.07, 6.45) is 1.12. The second-order valence-electron chi connectivity index (χ2n) is 9.72. The van der Waals surface area contributed by atoms with Crippen molar-refractivity contribution in [1.82, 2.24) is 0 Å². The number of esters is 1. The number of benzene rings is 2. The van der Waals surface area contributed by atoms with Gasteiger partial charge in [0.15, 0.2) is 17.3 Å². The minimum atomic E-state index is -0.682. The number of Topliss-reactive ketones (excluding diaryl/α,β-unsaturated/α-hetero) is 1. The van der Waals surface area contributed by atoms with E-state index in [1.54, 1.807) is 0 Å². The molecule has 6 heteroatoms. The van der Waals surface area contributed by atoms with Gasteiger partial charge in [0.2, 0.25) is 6.79 Å². The summed E-state index contributed by atoms with van der Waals surface area (Å²) in [5, 5.41) is 0. The Labute approximate surface area is 193 Å². The molecule has 0 aromatic heterocycles. The molecule has 6 nitrogen and oxygen atoms in total. The summed E-state index contributed by atoms with van der Waals surface area (Å²) in [5.74, 6) is -0.215. The van der Waals surface area contributed by atoms with E-state index in [9.17, 15) is 9.59 Å². The molecule has 33 heavy (non-hydrogen) atoms. The molecule has 0 saturated carbocycles. The number of aliphatic imine (C=N–C) groups is 1. The van der Waals surface area contributed by atoms with Crippen molar-refractivity contribution in [2.75, 3.05) is 6.79 Å². The molecule has 2 heterocycles. The van der Waals surface area contributed by atoms with E-state index in [-0.39, 0.29) is 30.6 Å². The second kappa shape index (κ2) is 8.18. The highest BCUT2D eigenvalue weighted by atomic mass is 16.7. The Kier molecular flexibility index (Phi) is 5.31. The van der Waals surface area contributed by atoms with Gasteiger partial charge >= 0.3 is 5.97 Å². The molecular weight excluding hydrogens is 418 g/mol. The number of rotatable bonds is 4. The molecular formula is C27H27NO5. The van der Waals surface area contributed by atoms with Crippen LogP contribution in [0.25, 0.3) is 0 Å². The maximum Gasteiger partial charge on any atom is 0.315 e. The zero-order valence-corrected chi connectivity index (χ0v) is 19.1. The van der Waals surface area contributed by atoms with Crippen LogP contribution in [0.4, 0.5) is 0 Å². The number of nitrogens with zero attached hydrogens (tertiary/aromatic N) is 1. The molecule has 0 amide bonds. The van der Waals surface area contributed by atoms with Crippen LogP contribution in [0.2, 0.25) is 0 Å². The van der Waals surface area contributed by atoms with Crippen molar-refractivity contribution in [2.24, 2.45) is 16.3 Å². The zero-order chi connectivity index (χ0) is 23.2. The van der Waals surface area contributed by atoms with Crippen LogP contribution >= 0.6 is 0 Å². The molecule has 0 spiro atoms. The molecule has 3 aliphatic rings. The Morgan fingerprint density at radius 3 is 2.64 bits per heavy atom. The van der Waals surface area contributed by atoms with Gasteiger partial charge in [0, 0.05) is 29.3 Å². The summed E-state index contributed by atoms with van der Waals surface area (Å²) in [6, 6.07) is 15.2. The molecule has 0 saturated heterocycles. The number of ketones is 1. The van der Waals surface area contributed by atoms with Crippen LogP contribution < -0.4 is 9.47 Å². The van der Waals surface area contributed by atoms with E-state index < -0.39 is 11.8 Å². The van der Waals surface area contributed by atoms with Crippen molar-refractivity contribution in [2.45, 2.75) is 46.1 Å². The third-order valence-electron chi connectivity index (χ3n) is 6.54. The van der Waals surface area contributed by atoms with Gasteiger partial charge in [0.05, 0.1) is 0 Å². The molecule has 1 unspecified atom stereocenters. The van der Waals surface area contributed by atoms with Crippen LogP contribution in [0.1, 0.15) is 50.7 Å². The van der Waals surface area contributed by atoms with Gasteiger partial charge in [0.1, 0.15) is 12.5 Å². The first-order chi connectivity index (χ1) is 15.8. The van der Waals surface area contributed by atoms with E-state index in [4.69, 9.17) is 19.2 Å². The summed E-state index contributed by atoms with van der Waals surface area (Å²) in [5.41, 5.74) is 3.64. The van der Waals surface area contributed by atoms with Gasteiger partial charge in [-0.2, -0.15) is 0 Å². The number of carbonyl (C=O) groups is 2. The van der Waals surface area contributed by atoms with E-state index in [1.807, 2.05) is 55.5 Å². The quantitative estimate of drug-likeness (QED) is 0.621. The molecule has 2 aromatic carbocycles. The first-order valence-electron chi connectivity index (χ1n) is 11.2. The SMILES string of the molecule is CC1=NC2=C(C(=O)CC(C)(C)C2)[C@@H](c2ccc3c(c2)OCO3)C1C(=O)OCc1ccccc1. The third-order valence-corrected chi connectivity index (χ3v) is 6.54. The predicted octanol–water partition coefficient (Wildman–Crippen LogP) is 4.98. The molecule has 0 fully saturated rings. The van der Waals surface area contributed by atoms with Crippen molar-refractivity contribution in [3.8, 4) is 11.5 Å². The summed E-state index contributed by atoms with van der Waals surface area (Å²) in [7, 11) is 0. The van der Waals surface area contributed by atoms with Crippen LogP contribution in [0.5, 0.6) is 11.5 Å². The first-order valence-corrected chi connectivity index (χ1v) is 11.2. The maximum atomic E-state index is 13.4. The minimum absolute atomic E-state index is 0.0426. The van der Waals surface area contributed by atoms with Crippen molar-refractivity contribution in [3.63, 3.8) is 0 Å². The number of allylic oxidation sites excluding steroid dienone is 2. The van der Waals surface area contributed by atoms with Crippen molar-refractivity contribution in [1.29, 1.82) is 0 Å². The Morgan fingerprint density at radius 1 is 1.09 bits per heavy atom. The topological polar surface area (TPSA) is 74.2 Å². The Bertz CT molecular complexity index is 1180. The number of hydrogen-bond donors (Lipinski definition) is 0. The lowest BCUT2D eigenvalue weighted by Crippen LogP contribution is -2.39. The van der Waals surface area contributed by atoms with Gasteiger partial charge < -0.3 is 14.2 Å². The van der Waals surface area contributed by atoms with E-state index in [0.717, 1.165) is 16.8 Å². The van der Waals surface area contributed by atoms with Gasteiger partial charge in [-0.15, -0.1) is 0 Å². The highest BCUT2D eigenvalue weighted by molar-refractivity contribution is 6.09. The highest BCUT2D eigenvalue weighted by Gasteiger charge is 2.46. The van der Waals surface area contributed by atoms with Crippen LogP contribution in [0.3, 0.4) is 0 Å². The second-order valence-corrected chi connectivity index (χ2v) is 9.72. The Hall–Kier alpha value is -3.41. The number of hydrogen-bond acceptors (Lipinski definition) is 6. The fourth-order valence-electron chi connectivity index (χ4n) is 5.04. The number of carbonyl (C=O) groups excluding carboxylic acids is 2. The zero-order valence-electron chi connectivity index (χ0n) is 19.1. The normalized spacial score (nSPS) is 23.1. The van der Waals surface area contributed by atoms with Crippen LogP contribution in [-0.2, 0) is 20.9 Å². The molecule has 0 N–H and O–H groups in total. The maximum absolute atomic E-state index is 13.4. The molecule has 0 bridgehead atoms. The van der Waals surface area contributed by atoms with E-state index in [0.29, 0.717) is 35.6 Å². The van der Waals surface area contributed by atoms with Crippen LogP contribution in [-0.4, -0.2) is 24.3 Å². The standard InChI is InChI=1S/C27H27NO5/c1-16-23(26(30)31-14-17-7-5-4-6-8-17)24(18-9-10-21-22(11-18)33-15-32-21)25-19(28-16)12-27(2,3)13-20(25)29/h4-11,23-24H,12-15H2,1-3H3/t23?,24-/m0/s1. The Balaban J connectivity index is 1.54. The van der Waals surface area contributed by atoms with E-state index in [1.165, 1.54) is 0 Å². The molecule has 2 aromatic rings. The van der Waals surface area contributed by atoms with Crippen molar-refractivity contribution < 1.29 is 23.8 Å².